The second kappa shape index (κ2) is 7.96. The topological polar surface area (TPSA) is 68.2 Å². The van der Waals surface area contributed by atoms with Crippen molar-refractivity contribution in [1.29, 1.82) is 0 Å². The number of fused-ring (bicyclic) bond motifs is 1. The summed E-state index contributed by atoms with van der Waals surface area (Å²) >= 11 is 0. The van der Waals surface area contributed by atoms with Crippen LogP contribution in [0.2, 0.25) is 0 Å². The molecule has 0 saturated heterocycles. The Bertz CT molecular complexity index is 772. The van der Waals surface area contributed by atoms with E-state index in [-0.39, 0.29) is 29.0 Å². The van der Waals surface area contributed by atoms with Crippen LogP contribution in [-0.2, 0) is 4.79 Å². The molecule has 0 amide bonds. The van der Waals surface area contributed by atoms with Gasteiger partial charge in [-0.15, -0.1) is 0 Å². The molecule has 2 rings (SSSR count). The van der Waals surface area contributed by atoms with Gasteiger partial charge in [0.2, 0.25) is 11.5 Å². The summed E-state index contributed by atoms with van der Waals surface area (Å²) in [6.45, 7) is 4.76. The van der Waals surface area contributed by atoms with Gasteiger partial charge >= 0.3 is 5.97 Å². The first-order valence-corrected chi connectivity index (χ1v) is 8.30. The van der Waals surface area contributed by atoms with Gasteiger partial charge in [0, 0.05) is 36.5 Å². The Balaban J connectivity index is 2.77. The van der Waals surface area contributed by atoms with Gasteiger partial charge in [0.25, 0.3) is 0 Å². The highest BCUT2D eigenvalue weighted by Gasteiger charge is 2.24. The van der Waals surface area contributed by atoms with E-state index in [2.05, 4.69) is 0 Å². The van der Waals surface area contributed by atoms with Crippen LogP contribution in [0.5, 0.6) is 23.0 Å². The van der Waals surface area contributed by atoms with Crippen LogP contribution >= 0.6 is 0 Å². The maximum atomic E-state index is 12.1. The molecule has 0 bridgehead atoms. The lowest BCUT2D eigenvalue weighted by Crippen LogP contribution is -2.15. The first-order valence-electron chi connectivity index (χ1n) is 8.30. The molecule has 0 spiro atoms. The number of anilines is 1. The quantitative estimate of drug-likeness (QED) is 0.608. The lowest BCUT2D eigenvalue weighted by molar-refractivity contribution is -0.134. The number of aromatic hydroxyl groups is 1. The summed E-state index contributed by atoms with van der Waals surface area (Å²) in [6.07, 6.45) is 0.973. The Kier molecular flexibility index (Phi) is 5.96. The number of hydrogen-bond donors (Lipinski definition) is 1. The van der Waals surface area contributed by atoms with Crippen LogP contribution < -0.4 is 19.1 Å². The van der Waals surface area contributed by atoms with E-state index in [1.54, 1.807) is 6.07 Å². The third-order valence-corrected chi connectivity index (χ3v) is 4.12. The first kappa shape index (κ1) is 18.7. The molecule has 2 aromatic rings. The largest absolute Gasteiger partial charge is 0.504 e. The number of carbonyl (C=O) groups is 1. The van der Waals surface area contributed by atoms with Crippen molar-refractivity contribution in [3.05, 3.63) is 18.2 Å². The predicted molar refractivity (Wildman–Crippen MR) is 98.2 cm³/mol. The molecule has 0 saturated carbocycles. The molecule has 0 aliphatic heterocycles. The summed E-state index contributed by atoms with van der Waals surface area (Å²) in [5, 5.41) is 11.7. The molecule has 0 unspecified atom stereocenters. The van der Waals surface area contributed by atoms with Crippen molar-refractivity contribution in [2.24, 2.45) is 0 Å². The van der Waals surface area contributed by atoms with Crippen LogP contribution in [0, 0.1) is 0 Å². The van der Waals surface area contributed by atoms with E-state index in [9.17, 15) is 9.90 Å². The van der Waals surface area contributed by atoms with E-state index in [0.717, 1.165) is 12.2 Å². The van der Waals surface area contributed by atoms with Crippen molar-refractivity contribution in [2.75, 3.05) is 32.7 Å². The van der Waals surface area contributed by atoms with Gasteiger partial charge < -0.3 is 24.2 Å². The molecular formula is C19H25NO5. The number of methoxy groups -OCH3 is 2. The zero-order chi connectivity index (χ0) is 18.6. The van der Waals surface area contributed by atoms with Gasteiger partial charge in [0.1, 0.15) is 0 Å². The van der Waals surface area contributed by atoms with Crippen molar-refractivity contribution in [1.82, 2.24) is 0 Å². The number of nitrogens with zero attached hydrogens (tertiary/aromatic N) is 1. The molecular weight excluding hydrogens is 322 g/mol. The standard InChI is InChI=1S/C19H25NO5/c1-6-8-15(21)25-17-14-11-12(20(3)7-2)9-10-13(14)16(22)18(23-4)19(17)24-5/h9-11,22H,6-8H2,1-5H3. The average Bonchev–Trinajstić information content (AvgIpc) is 2.62. The van der Waals surface area contributed by atoms with Gasteiger partial charge in [-0.2, -0.15) is 0 Å². The zero-order valence-electron chi connectivity index (χ0n) is 15.4. The monoisotopic (exact) mass is 347 g/mol. The molecule has 0 aromatic heterocycles. The van der Waals surface area contributed by atoms with Crippen LogP contribution in [0.15, 0.2) is 18.2 Å². The minimum atomic E-state index is -0.357. The molecule has 0 aliphatic carbocycles. The Morgan fingerprint density at radius 1 is 1.08 bits per heavy atom. The molecule has 0 radical (unpaired) electrons. The summed E-state index contributed by atoms with van der Waals surface area (Å²) in [7, 11) is 4.84. The molecule has 136 valence electrons. The predicted octanol–water partition coefficient (Wildman–Crippen LogP) is 3.72. The zero-order valence-corrected chi connectivity index (χ0v) is 15.4. The minimum Gasteiger partial charge on any atom is -0.504 e. The third kappa shape index (κ3) is 3.57. The molecule has 0 atom stereocenters. The van der Waals surface area contributed by atoms with Gasteiger partial charge in [-0.3, -0.25) is 4.79 Å². The van der Waals surface area contributed by atoms with Crippen molar-refractivity contribution >= 4 is 22.4 Å². The number of benzene rings is 2. The van der Waals surface area contributed by atoms with Crippen molar-refractivity contribution in [3.63, 3.8) is 0 Å². The summed E-state index contributed by atoms with van der Waals surface area (Å²) in [6, 6.07) is 5.55. The van der Waals surface area contributed by atoms with Crippen LogP contribution in [0.25, 0.3) is 10.8 Å². The Morgan fingerprint density at radius 2 is 1.76 bits per heavy atom. The lowest BCUT2D eigenvalue weighted by atomic mass is 10.1. The fraction of sp³-hybridized carbons (Fsp3) is 0.421. The summed E-state index contributed by atoms with van der Waals surface area (Å²) in [5.74, 6) is 0.204. The molecule has 0 aliphatic rings. The summed E-state index contributed by atoms with van der Waals surface area (Å²) in [4.78, 5) is 14.1. The molecule has 6 heteroatoms. The van der Waals surface area contributed by atoms with Gasteiger partial charge in [0.15, 0.2) is 11.5 Å². The fourth-order valence-corrected chi connectivity index (χ4v) is 2.65. The Labute approximate surface area is 147 Å². The Morgan fingerprint density at radius 3 is 2.32 bits per heavy atom. The highest BCUT2D eigenvalue weighted by Crippen LogP contribution is 2.51. The number of rotatable bonds is 7. The molecule has 0 fully saturated rings. The van der Waals surface area contributed by atoms with E-state index in [0.29, 0.717) is 23.6 Å². The fourth-order valence-electron chi connectivity index (χ4n) is 2.65. The highest BCUT2D eigenvalue weighted by molar-refractivity contribution is 6.01. The molecule has 0 heterocycles. The number of phenolic OH excluding ortho intramolecular Hbond substituents is 1. The number of esters is 1. The van der Waals surface area contributed by atoms with Crippen molar-refractivity contribution < 1.29 is 24.1 Å². The normalized spacial score (nSPS) is 10.6. The van der Waals surface area contributed by atoms with E-state index >= 15 is 0 Å². The molecule has 6 nitrogen and oxygen atoms in total. The smallest absolute Gasteiger partial charge is 0.311 e. The first-order chi connectivity index (χ1) is 12.0. The van der Waals surface area contributed by atoms with Crippen molar-refractivity contribution in [2.45, 2.75) is 26.7 Å². The van der Waals surface area contributed by atoms with Crippen LogP contribution in [0.4, 0.5) is 5.69 Å². The van der Waals surface area contributed by atoms with Crippen LogP contribution in [-0.4, -0.2) is 38.9 Å². The van der Waals surface area contributed by atoms with Crippen LogP contribution in [0.3, 0.4) is 0 Å². The maximum Gasteiger partial charge on any atom is 0.311 e. The highest BCUT2D eigenvalue weighted by atomic mass is 16.6. The second-order valence-electron chi connectivity index (χ2n) is 5.71. The SMILES string of the molecule is CCCC(=O)Oc1c(OC)c(OC)c(O)c2ccc(N(C)CC)cc12. The molecule has 2 aromatic carbocycles. The maximum absolute atomic E-state index is 12.1. The third-order valence-electron chi connectivity index (χ3n) is 4.12. The average molecular weight is 347 g/mol. The molecule has 25 heavy (non-hydrogen) atoms. The number of hydrogen-bond acceptors (Lipinski definition) is 6. The van der Waals surface area contributed by atoms with Gasteiger partial charge in [-0.1, -0.05) is 6.92 Å². The summed E-state index contributed by atoms with van der Waals surface area (Å²) in [5.41, 5.74) is 0.939. The van der Waals surface area contributed by atoms with Gasteiger partial charge in [0.05, 0.1) is 14.2 Å². The number of ether oxygens (including phenoxy) is 3. The van der Waals surface area contributed by atoms with Crippen molar-refractivity contribution in [3.8, 4) is 23.0 Å². The lowest BCUT2D eigenvalue weighted by Gasteiger charge is -2.20. The second-order valence-corrected chi connectivity index (χ2v) is 5.71. The van der Waals surface area contributed by atoms with Gasteiger partial charge in [-0.05, 0) is 31.5 Å². The van der Waals surface area contributed by atoms with E-state index < -0.39 is 0 Å². The van der Waals surface area contributed by atoms with Gasteiger partial charge in [-0.25, -0.2) is 0 Å². The Hall–Kier alpha value is -2.63. The summed E-state index contributed by atoms with van der Waals surface area (Å²) < 4.78 is 16.2. The van der Waals surface area contributed by atoms with E-state index in [1.165, 1.54) is 14.2 Å². The number of carbonyl (C=O) groups excluding carboxylic acids is 1. The molecule has 1 N–H and O–H groups in total. The van der Waals surface area contributed by atoms with Crippen LogP contribution in [0.1, 0.15) is 26.7 Å². The van der Waals surface area contributed by atoms with E-state index in [4.69, 9.17) is 14.2 Å². The van der Waals surface area contributed by atoms with E-state index in [1.807, 2.05) is 37.9 Å². The number of phenols is 1. The minimum absolute atomic E-state index is 0.0460.